The van der Waals surface area contributed by atoms with Crippen molar-refractivity contribution in [2.45, 2.75) is 11.5 Å². The first-order chi connectivity index (χ1) is 14.9. The second-order valence-corrected chi connectivity index (χ2v) is 9.35. The van der Waals surface area contributed by atoms with Crippen molar-refractivity contribution in [2.75, 3.05) is 26.3 Å². The summed E-state index contributed by atoms with van der Waals surface area (Å²) < 4.78 is 37.6. The highest BCUT2D eigenvalue weighted by atomic mass is 32.2. The molecule has 31 heavy (non-hydrogen) atoms. The molecule has 1 saturated heterocycles. The van der Waals surface area contributed by atoms with E-state index in [1.165, 1.54) is 27.8 Å². The molecule has 0 N–H and O–H groups in total. The van der Waals surface area contributed by atoms with E-state index in [1.54, 1.807) is 11.6 Å². The highest BCUT2D eigenvalue weighted by Gasteiger charge is 2.29. The third-order valence-electron chi connectivity index (χ3n) is 4.55. The van der Waals surface area contributed by atoms with Gasteiger partial charge < -0.3 is 9.47 Å². The average Bonchev–Trinajstić information content (AvgIpc) is 3.28. The van der Waals surface area contributed by atoms with Crippen LogP contribution in [0.25, 0.3) is 10.7 Å². The zero-order chi connectivity index (χ0) is 21.8. The molecule has 3 aromatic rings. The smallest absolute Gasteiger partial charge is 0.312 e. The highest BCUT2D eigenvalue weighted by Crippen LogP contribution is 2.32. The molecule has 0 radical (unpaired) electrons. The summed E-state index contributed by atoms with van der Waals surface area (Å²) in [7, 11) is -3.85. The van der Waals surface area contributed by atoms with E-state index in [-0.39, 0.29) is 43.6 Å². The predicted molar refractivity (Wildman–Crippen MR) is 112 cm³/mol. The first kappa shape index (κ1) is 21.3. The number of pyridine rings is 1. The number of hydrogen-bond acceptors (Lipinski definition) is 9. The fourth-order valence-corrected chi connectivity index (χ4v) is 5.20. The monoisotopic (exact) mass is 462 g/mol. The number of thiazole rings is 1. The van der Waals surface area contributed by atoms with E-state index in [4.69, 9.17) is 9.47 Å². The SMILES string of the molecule is O=[N+]([O-])c1cc(S(=O)(=O)N2CCOCC2)ccc1OCc1csc(-c2ccccn2)n1. The van der Waals surface area contributed by atoms with Gasteiger partial charge >= 0.3 is 5.69 Å². The molecule has 3 heterocycles. The van der Waals surface area contributed by atoms with Gasteiger partial charge in [0.2, 0.25) is 10.0 Å². The fraction of sp³-hybridized carbons (Fsp3) is 0.263. The van der Waals surface area contributed by atoms with Gasteiger partial charge in [0.05, 0.1) is 34.4 Å². The van der Waals surface area contributed by atoms with Crippen LogP contribution in [-0.2, 0) is 21.4 Å². The minimum Gasteiger partial charge on any atom is -0.480 e. The van der Waals surface area contributed by atoms with Gasteiger partial charge in [0.1, 0.15) is 11.6 Å². The Labute approximate surface area is 182 Å². The Morgan fingerprint density at radius 3 is 2.74 bits per heavy atom. The third-order valence-corrected chi connectivity index (χ3v) is 7.35. The van der Waals surface area contributed by atoms with E-state index >= 15 is 0 Å². The second kappa shape index (κ2) is 9.06. The Hall–Kier alpha value is -2.93. The molecule has 162 valence electrons. The fourth-order valence-electron chi connectivity index (χ4n) is 2.99. The van der Waals surface area contributed by atoms with E-state index in [2.05, 4.69) is 9.97 Å². The zero-order valence-corrected chi connectivity index (χ0v) is 17.8. The van der Waals surface area contributed by atoms with Crippen molar-refractivity contribution in [3.05, 3.63) is 63.8 Å². The van der Waals surface area contributed by atoms with Gasteiger partial charge in [-0.3, -0.25) is 15.1 Å². The first-order valence-electron chi connectivity index (χ1n) is 9.30. The number of morpholine rings is 1. The summed E-state index contributed by atoms with van der Waals surface area (Å²) in [6.45, 7) is 0.987. The molecule has 0 unspecified atom stereocenters. The Bertz CT molecular complexity index is 1180. The van der Waals surface area contributed by atoms with Crippen molar-refractivity contribution < 1.29 is 22.8 Å². The Kier molecular flexibility index (Phi) is 6.23. The quantitative estimate of drug-likeness (QED) is 0.388. The van der Waals surface area contributed by atoms with Crippen LogP contribution >= 0.6 is 11.3 Å². The van der Waals surface area contributed by atoms with Crippen LogP contribution in [0.3, 0.4) is 0 Å². The molecule has 0 bridgehead atoms. The maximum atomic E-state index is 12.8. The first-order valence-corrected chi connectivity index (χ1v) is 11.6. The van der Waals surface area contributed by atoms with Crippen LogP contribution in [0.15, 0.2) is 52.9 Å². The van der Waals surface area contributed by atoms with Crippen LogP contribution < -0.4 is 4.74 Å². The lowest BCUT2D eigenvalue weighted by Gasteiger charge is -2.26. The van der Waals surface area contributed by atoms with Gasteiger partial charge in [-0.15, -0.1) is 11.3 Å². The maximum Gasteiger partial charge on any atom is 0.312 e. The van der Waals surface area contributed by atoms with Crippen molar-refractivity contribution in [1.82, 2.24) is 14.3 Å². The minimum absolute atomic E-state index is 0.000264. The van der Waals surface area contributed by atoms with Gasteiger partial charge in [0.25, 0.3) is 0 Å². The number of nitro groups is 1. The topological polar surface area (TPSA) is 125 Å². The van der Waals surface area contributed by atoms with Gasteiger partial charge in [-0.25, -0.2) is 13.4 Å². The number of sulfonamides is 1. The van der Waals surface area contributed by atoms with Crippen LogP contribution in [0.2, 0.25) is 0 Å². The number of ether oxygens (including phenoxy) is 2. The summed E-state index contributed by atoms with van der Waals surface area (Å²) in [4.78, 5) is 19.4. The van der Waals surface area contributed by atoms with E-state index < -0.39 is 20.6 Å². The van der Waals surface area contributed by atoms with Crippen molar-refractivity contribution in [3.8, 4) is 16.5 Å². The number of nitro benzene ring substituents is 1. The molecule has 0 aliphatic carbocycles. The average molecular weight is 463 g/mol. The molecule has 1 fully saturated rings. The van der Waals surface area contributed by atoms with Crippen LogP contribution in [0, 0.1) is 10.1 Å². The van der Waals surface area contributed by atoms with Crippen LogP contribution in [0.1, 0.15) is 5.69 Å². The minimum atomic E-state index is -3.85. The van der Waals surface area contributed by atoms with Crippen molar-refractivity contribution in [1.29, 1.82) is 0 Å². The number of benzene rings is 1. The lowest BCUT2D eigenvalue weighted by Crippen LogP contribution is -2.40. The summed E-state index contributed by atoms with van der Waals surface area (Å²) in [6.07, 6.45) is 1.67. The summed E-state index contributed by atoms with van der Waals surface area (Å²) in [5.41, 5.74) is 0.891. The number of hydrogen-bond donors (Lipinski definition) is 0. The van der Waals surface area contributed by atoms with E-state index in [0.717, 1.165) is 11.8 Å². The summed E-state index contributed by atoms with van der Waals surface area (Å²) in [6, 6.07) is 9.15. The van der Waals surface area contributed by atoms with Crippen molar-refractivity contribution in [2.24, 2.45) is 0 Å². The largest absolute Gasteiger partial charge is 0.480 e. The Morgan fingerprint density at radius 1 is 1.23 bits per heavy atom. The Morgan fingerprint density at radius 2 is 2.03 bits per heavy atom. The normalized spacial score (nSPS) is 15.0. The van der Waals surface area contributed by atoms with Crippen molar-refractivity contribution >= 4 is 27.0 Å². The van der Waals surface area contributed by atoms with Gasteiger partial charge in [0, 0.05) is 30.7 Å². The molecule has 0 atom stereocenters. The summed E-state index contributed by atoms with van der Waals surface area (Å²) >= 11 is 1.39. The molecule has 12 heteroatoms. The van der Waals surface area contributed by atoms with E-state index in [0.29, 0.717) is 10.7 Å². The van der Waals surface area contributed by atoms with Crippen LogP contribution in [-0.4, -0.2) is 53.9 Å². The molecule has 10 nitrogen and oxygen atoms in total. The van der Waals surface area contributed by atoms with Crippen LogP contribution in [0.4, 0.5) is 5.69 Å². The second-order valence-electron chi connectivity index (χ2n) is 6.55. The third kappa shape index (κ3) is 4.71. The van der Waals surface area contributed by atoms with E-state index in [9.17, 15) is 18.5 Å². The van der Waals surface area contributed by atoms with Gasteiger partial charge in [-0.1, -0.05) is 6.07 Å². The maximum absolute atomic E-state index is 12.8. The molecule has 0 spiro atoms. The van der Waals surface area contributed by atoms with Crippen LogP contribution in [0.5, 0.6) is 5.75 Å². The lowest BCUT2D eigenvalue weighted by atomic mass is 10.3. The molecule has 2 aromatic heterocycles. The molecule has 1 aromatic carbocycles. The van der Waals surface area contributed by atoms with Gasteiger partial charge in [0.15, 0.2) is 5.75 Å². The number of nitrogens with zero attached hydrogens (tertiary/aromatic N) is 4. The molecule has 0 amide bonds. The molecule has 1 aliphatic heterocycles. The zero-order valence-electron chi connectivity index (χ0n) is 16.2. The molecular formula is C19H18N4O6S2. The number of rotatable bonds is 7. The van der Waals surface area contributed by atoms with E-state index in [1.807, 2.05) is 18.2 Å². The molecule has 4 rings (SSSR count). The molecule has 0 saturated carbocycles. The summed E-state index contributed by atoms with van der Waals surface area (Å²) in [5.74, 6) is -0.0293. The predicted octanol–water partition coefficient (Wildman–Crippen LogP) is 2.71. The molecule has 1 aliphatic rings. The summed E-state index contributed by atoms with van der Waals surface area (Å²) in [5, 5.41) is 14.0. The highest BCUT2D eigenvalue weighted by molar-refractivity contribution is 7.89. The van der Waals surface area contributed by atoms with Crippen molar-refractivity contribution in [3.63, 3.8) is 0 Å². The Balaban J connectivity index is 1.52. The van der Waals surface area contributed by atoms with Gasteiger partial charge in [-0.05, 0) is 24.3 Å². The molecular weight excluding hydrogens is 444 g/mol. The lowest BCUT2D eigenvalue weighted by molar-refractivity contribution is -0.386. The van der Waals surface area contributed by atoms with Gasteiger partial charge in [-0.2, -0.15) is 4.31 Å². The number of aromatic nitrogens is 2. The standard InChI is InChI=1S/C19H18N4O6S2/c24-23(25)17-11-15(31(26,27)22-7-9-28-10-8-22)4-5-18(17)29-12-14-13-30-19(21-14)16-3-1-2-6-20-16/h1-6,11,13H,7-10,12H2.